The fourth-order valence-corrected chi connectivity index (χ4v) is 2.12. The average Bonchev–Trinajstić information content (AvgIpc) is 2.42. The molecule has 0 fully saturated rings. The molecule has 0 aliphatic heterocycles. The van der Waals surface area contributed by atoms with Crippen LogP contribution in [0.4, 0.5) is 5.82 Å². The standard InChI is InChI=1S/C16H29N3/c1-3-5-8-14-10-11-15(19-16(14)17)9-6-7-13-18-12-4-2/h10-11,18H,3-9,12-13H2,1-2H3,(H2,17,19). The van der Waals surface area contributed by atoms with Gasteiger partial charge in [-0.1, -0.05) is 26.3 Å². The van der Waals surface area contributed by atoms with Crippen LogP contribution in [0.5, 0.6) is 0 Å². The second kappa shape index (κ2) is 9.79. The predicted octanol–water partition coefficient (Wildman–Crippen LogP) is 3.33. The molecule has 3 nitrogen and oxygen atoms in total. The molecule has 0 bridgehead atoms. The van der Waals surface area contributed by atoms with Crippen molar-refractivity contribution in [3.63, 3.8) is 0 Å². The molecule has 3 heteroatoms. The van der Waals surface area contributed by atoms with E-state index in [0.29, 0.717) is 0 Å². The Labute approximate surface area is 118 Å². The van der Waals surface area contributed by atoms with Gasteiger partial charge >= 0.3 is 0 Å². The SMILES string of the molecule is CCCCc1ccc(CCCCNCCC)nc1N. The molecule has 3 N–H and O–H groups in total. The number of hydrogen-bond acceptors (Lipinski definition) is 3. The highest BCUT2D eigenvalue weighted by Gasteiger charge is 2.02. The molecule has 19 heavy (non-hydrogen) atoms. The molecule has 108 valence electrons. The van der Waals surface area contributed by atoms with Gasteiger partial charge in [-0.15, -0.1) is 0 Å². The fraction of sp³-hybridized carbons (Fsp3) is 0.688. The average molecular weight is 263 g/mol. The molecule has 0 saturated heterocycles. The molecule has 1 rings (SSSR count). The summed E-state index contributed by atoms with van der Waals surface area (Å²) in [7, 11) is 0. The van der Waals surface area contributed by atoms with Gasteiger partial charge in [-0.2, -0.15) is 0 Å². The molecule has 1 aromatic heterocycles. The first kappa shape index (κ1) is 16.0. The number of aryl methyl sites for hydroxylation is 2. The Morgan fingerprint density at radius 2 is 1.84 bits per heavy atom. The fourth-order valence-electron chi connectivity index (χ4n) is 2.12. The van der Waals surface area contributed by atoms with Crippen LogP contribution in [0.3, 0.4) is 0 Å². The summed E-state index contributed by atoms with van der Waals surface area (Å²) < 4.78 is 0. The number of rotatable bonds is 10. The summed E-state index contributed by atoms with van der Waals surface area (Å²) in [5.41, 5.74) is 8.35. The number of hydrogen-bond donors (Lipinski definition) is 2. The molecular weight excluding hydrogens is 234 g/mol. The van der Waals surface area contributed by atoms with Crippen LogP contribution in [0.25, 0.3) is 0 Å². The Hall–Kier alpha value is -1.09. The normalized spacial score (nSPS) is 10.8. The van der Waals surface area contributed by atoms with Gasteiger partial charge in [0, 0.05) is 5.69 Å². The minimum absolute atomic E-state index is 0.732. The van der Waals surface area contributed by atoms with E-state index in [-0.39, 0.29) is 0 Å². The van der Waals surface area contributed by atoms with E-state index in [1.807, 2.05) is 0 Å². The van der Waals surface area contributed by atoms with Crippen LogP contribution < -0.4 is 11.1 Å². The highest BCUT2D eigenvalue weighted by molar-refractivity contribution is 5.40. The highest BCUT2D eigenvalue weighted by Crippen LogP contribution is 2.14. The van der Waals surface area contributed by atoms with Gasteiger partial charge in [-0.3, -0.25) is 0 Å². The second-order valence-corrected chi connectivity index (χ2v) is 5.16. The lowest BCUT2D eigenvalue weighted by Gasteiger charge is -2.07. The van der Waals surface area contributed by atoms with Gasteiger partial charge in [0.05, 0.1) is 0 Å². The molecule has 0 aromatic carbocycles. The van der Waals surface area contributed by atoms with Gasteiger partial charge in [0.25, 0.3) is 0 Å². The number of pyridine rings is 1. The number of nitrogens with one attached hydrogen (secondary N) is 1. The molecule has 0 aliphatic rings. The van der Waals surface area contributed by atoms with Crippen molar-refractivity contribution < 1.29 is 0 Å². The summed E-state index contributed by atoms with van der Waals surface area (Å²) >= 11 is 0. The summed E-state index contributed by atoms with van der Waals surface area (Å²) in [6, 6.07) is 4.30. The first-order chi connectivity index (χ1) is 9.27. The number of anilines is 1. The van der Waals surface area contributed by atoms with Crippen LogP contribution in [0.2, 0.25) is 0 Å². The Balaban J connectivity index is 2.29. The molecule has 1 aromatic rings. The Morgan fingerprint density at radius 3 is 2.53 bits per heavy atom. The van der Waals surface area contributed by atoms with Gasteiger partial charge in [0.15, 0.2) is 0 Å². The van der Waals surface area contributed by atoms with Crippen LogP contribution in [-0.2, 0) is 12.8 Å². The summed E-state index contributed by atoms with van der Waals surface area (Å²) in [6.07, 6.45) is 8.07. The van der Waals surface area contributed by atoms with E-state index < -0.39 is 0 Å². The monoisotopic (exact) mass is 263 g/mol. The molecule has 0 saturated carbocycles. The summed E-state index contributed by atoms with van der Waals surface area (Å²) in [5.74, 6) is 0.732. The Morgan fingerprint density at radius 1 is 1.00 bits per heavy atom. The van der Waals surface area contributed by atoms with E-state index in [0.717, 1.165) is 37.4 Å². The van der Waals surface area contributed by atoms with Crippen LogP contribution in [0, 0.1) is 0 Å². The topological polar surface area (TPSA) is 50.9 Å². The van der Waals surface area contributed by atoms with Crippen molar-refractivity contribution in [2.75, 3.05) is 18.8 Å². The molecule has 0 amide bonds. The second-order valence-electron chi connectivity index (χ2n) is 5.16. The van der Waals surface area contributed by atoms with Crippen LogP contribution in [0.1, 0.15) is 57.2 Å². The van der Waals surface area contributed by atoms with E-state index in [4.69, 9.17) is 5.73 Å². The van der Waals surface area contributed by atoms with E-state index in [1.54, 1.807) is 0 Å². The lowest BCUT2D eigenvalue weighted by atomic mass is 10.1. The largest absolute Gasteiger partial charge is 0.383 e. The van der Waals surface area contributed by atoms with Crippen LogP contribution in [-0.4, -0.2) is 18.1 Å². The maximum absolute atomic E-state index is 6.01. The van der Waals surface area contributed by atoms with Gasteiger partial charge in [-0.05, 0) is 63.2 Å². The minimum atomic E-state index is 0.732. The minimum Gasteiger partial charge on any atom is -0.383 e. The maximum Gasteiger partial charge on any atom is 0.126 e. The van der Waals surface area contributed by atoms with Crippen molar-refractivity contribution in [2.45, 2.75) is 58.8 Å². The van der Waals surface area contributed by atoms with Crippen molar-refractivity contribution in [3.8, 4) is 0 Å². The summed E-state index contributed by atoms with van der Waals surface area (Å²) in [6.45, 7) is 6.62. The highest BCUT2D eigenvalue weighted by atomic mass is 14.8. The summed E-state index contributed by atoms with van der Waals surface area (Å²) in [4.78, 5) is 4.52. The summed E-state index contributed by atoms with van der Waals surface area (Å²) in [5, 5.41) is 3.42. The van der Waals surface area contributed by atoms with E-state index >= 15 is 0 Å². The number of aromatic nitrogens is 1. The van der Waals surface area contributed by atoms with E-state index in [2.05, 4.69) is 36.3 Å². The lowest BCUT2D eigenvalue weighted by molar-refractivity contribution is 0.614. The molecule has 0 atom stereocenters. The quantitative estimate of drug-likeness (QED) is 0.637. The van der Waals surface area contributed by atoms with Crippen molar-refractivity contribution in [1.29, 1.82) is 0 Å². The van der Waals surface area contributed by atoms with Gasteiger partial charge in [-0.25, -0.2) is 4.98 Å². The molecule has 0 unspecified atom stereocenters. The van der Waals surface area contributed by atoms with Crippen LogP contribution in [0.15, 0.2) is 12.1 Å². The van der Waals surface area contributed by atoms with Crippen molar-refractivity contribution in [2.24, 2.45) is 0 Å². The molecule has 1 heterocycles. The smallest absolute Gasteiger partial charge is 0.126 e. The van der Waals surface area contributed by atoms with Crippen molar-refractivity contribution >= 4 is 5.82 Å². The van der Waals surface area contributed by atoms with Gasteiger partial charge in [0.1, 0.15) is 5.82 Å². The number of nitrogen functional groups attached to an aromatic ring is 1. The van der Waals surface area contributed by atoms with Gasteiger partial charge in [0.2, 0.25) is 0 Å². The first-order valence-electron chi connectivity index (χ1n) is 7.72. The first-order valence-corrected chi connectivity index (χ1v) is 7.72. The third-order valence-electron chi connectivity index (χ3n) is 3.33. The molecule has 0 aliphatic carbocycles. The lowest BCUT2D eigenvalue weighted by Crippen LogP contribution is -2.15. The van der Waals surface area contributed by atoms with Gasteiger partial charge < -0.3 is 11.1 Å². The third-order valence-corrected chi connectivity index (χ3v) is 3.33. The maximum atomic E-state index is 6.01. The zero-order chi connectivity index (χ0) is 13.9. The Kier molecular flexibility index (Phi) is 8.23. The third kappa shape index (κ3) is 6.58. The molecule has 0 spiro atoms. The number of nitrogens with zero attached hydrogens (tertiary/aromatic N) is 1. The molecule has 0 radical (unpaired) electrons. The zero-order valence-corrected chi connectivity index (χ0v) is 12.5. The zero-order valence-electron chi connectivity index (χ0n) is 12.5. The van der Waals surface area contributed by atoms with Crippen molar-refractivity contribution in [3.05, 3.63) is 23.4 Å². The van der Waals surface area contributed by atoms with E-state index in [1.165, 1.54) is 37.7 Å². The Bertz CT molecular complexity index is 350. The number of unbranched alkanes of at least 4 members (excludes halogenated alkanes) is 2. The predicted molar refractivity (Wildman–Crippen MR) is 83.4 cm³/mol. The number of nitrogens with two attached hydrogens (primary N) is 1. The van der Waals surface area contributed by atoms with E-state index in [9.17, 15) is 0 Å². The molecular formula is C16H29N3. The van der Waals surface area contributed by atoms with Crippen LogP contribution >= 0.6 is 0 Å². The van der Waals surface area contributed by atoms with Crippen molar-refractivity contribution in [1.82, 2.24) is 10.3 Å².